The molecule has 0 aromatic carbocycles. The fourth-order valence-electron chi connectivity index (χ4n) is 4.12. The van der Waals surface area contributed by atoms with Gasteiger partial charge in [0.25, 0.3) is 6.43 Å². The molecule has 1 N–H and O–H groups in total. The van der Waals surface area contributed by atoms with E-state index in [1.165, 1.54) is 12.1 Å². The SMILES string of the molecule is N#Cc1c(-c2ccc(S(=O)(=O)N[C@@H](CF)C(F)F)cn2)n(C2CCCC2)c2ncccc12. The first-order chi connectivity index (χ1) is 15.4. The minimum Gasteiger partial charge on any atom is -0.320 e. The van der Waals surface area contributed by atoms with E-state index in [9.17, 15) is 26.9 Å². The fourth-order valence-corrected chi connectivity index (χ4v) is 5.26. The van der Waals surface area contributed by atoms with Crippen LogP contribution in [0.4, 0.5) is 13.2 Å². The summed E-state index contributed by atoms with van der Waals surface area (Å²) in [5, 5.41) is 10.5. The molecule has 1 fully saturated rings. The number of nitrogens with one attached hydrogen (secondary N) is 1. The Morgan fingerprint density at radius 1 is 1.22 bits per heavy atom. The Labute approximate surface area is 183 Å². The van der Waals surface area contributed by atoms with Crippen molar-refractivity contribution in [3.8, 4) is 17.5 Å². The lowest BCUT2D eigenvalue weighted by Crippen LogP contribution is -2.41. The molecule has 168 valence electrons. The van der Waals surface area contributed by atoms with E-state index in [4.69, 9.17) is 0 Å². The maximum absolute atomic E-state index is 12.8. The smallest absolute Gasteiger partial charge is 0.257 e. The van der Waals surface area contributed by atoms with Crippen LogP contribution >= 0.6 is 0 Å². The van der Waals surface area contributed by atoms with Crippen LogP contribution in [0.15, 0.2) is 41.6 Å². The number of pyridine rings is 2. The Bertz CT molecular complexity index is 1260. The molecule has 1 aliphatic carbocycles. The highest BCUT2D eigenvalue weighted by atomic mass is 32.2. The molecule has 0 unspecified atom stereocenters. The summed E-state index contributed by atoms with van der Waals surface area (Å²) in [5.74, 6) is 0. The highest BCUT2D eigenvalue weighted by Crippen LogP contribution is 2.40. The molecular weight excluding hydrogens is 443 g/mol. The summed E-state index contributed by atoms with van der Waals surface area (Å²) in [6.45, 7) is -1.54. The van der Waals surface area contributed by atoms with Crippen molar-refractivity contribution in [1.82, 2.24) is 19.3 Å². The van der Waals surface area contributed by atoms with Gasteiger partial charge in [0.2, 0.25) is 10.0 Å². The molecule has 1 atom stereocenters. The zero-order valence-electron chi connectivity index (χ0n) is 16.9. The van der Waals surface area contributed by atoms with Crippen molar-refractivity contribution in [2.45, 2.75) is 49.1 Å². The molecule has 32 heavy (non-hydrogen) atoms. The van der Waals surface area contributed by atoms with Gasteiger partial charge >= 0.3 is 0 Å². The lowest BCUT2D eigenvalue weighted by Gasteiger charge is -2.17. The first-order valence-electron chi connectivity index (χ1n) is 10.1. The molecule has 11 heteroatoms. The molecule has 0 radical (unpaired) electrons. The van der Waals surface area contributed by atoms with E-state index < -0.39 is 29.2 Å². The van der Waals surface area contributed by atoms with E-state index in [0.717, 1.165) is 31.9 Å². The maximum atomic E-state index is 12.8. The summed E-state index contributed by atoms with van der Waals surface area (Å²) >= 11 is 0. The third-order valence-corrected chi connectivity index (χ3v) is 7.10. The van der Waals surface area contributed by atoms with Gasteiger partial charge < -0.3 is 4.57 Å². The Balaban J connectivity index is 1.79. The van der Waals surface area contributed by atoms with E-state index in [1.807, 2.05) is 4.57 Å². The molecule has 1 saturated carbocycles. The maximum Gasteiger partial charge on any atom is 0.257 e. The summed E-state index contributed by atoms with van der Waals surface area (Å²) in [6.07, 6.45) is 3.43. The average molecular weight is 463 g/mol. The van der Waals surface area contributed by atoms with Crippen molar-refractivity contribution < 1.29 is 21.6 Å². The number of nitriles is 1. The van der Waals surface area contributed by atoms with Crippen molar-refractivity contribution in [2.24, 2.45) is 0 Å². The molecule has 0 saturated heterocycles. The van der Waals surface area contributed by atoms with E-state index in [1.54, 1.807) is 23.1 Å². The first kappa shape index (κ1) is 22.2. The van der Waals surface area contributed by atoms with Crippen LogP contribution < -0.4 is 4.72 Å². The van der Waals surface area contributed by atoms with Gasteiger partial charge in [0.15, 0.2) is 0 Å². The van der Waals surface area contributed by atoms with Crippen LogP contribution in [-0.2, 0) is 10.0 Å². The number of hydrogen-bond acceptors (Lipinski definition) is 5. The predicted octanol–water partition coefficient (Wildman–Crippen LogP) is 3.97. The standard InChI is InChI=1S/C21H20F3N5O2S/c22-10-18(20(23)24)28-32(30,31)14-7-8-17(27-12-14)19-16(11-25)15-6-3-9-26-21(15)29(19)13-4-1-2-5-13/h3,6-9,12-13,18,20,28H,1-2,4-5,10H2/t18-/m0/s1. The zero-order chi connectivity index (χ0) is 22.9. The number of aromatic nitrogens is 3. The van der Waals surface area contributed by atoms with Crippen molar-refractivity contribution >= 4 is 21.1 Å². The van der Waals surface area contributed by atoms with Gasteiger partial charge in [0.1, 0.15) is 29.3 Å². The average Bonchev–Trinajstić information content (AvgIpc) is 3.43. The third kappa shape index (κ3) is 3.96. The number of nitrogens with zero attached hydrogens (tertiary/aromatic N) is 4. The normalized spacial score (nSPS) is 16.0. The Morgan fingerprint density at radius 2 is 1.97 bits per heavy atom. The Morgan fingerprint density at radius 3 is 2.56 bits per heavy atom. The van der Waals surface area contributed by atoms with Crippen molar-refractivity contribution in [2.75, 3.05) is 6.67 Å². The highest BCUT2D eigenvalue weighted by molar-refractivity contribution is 7.89. The van der Waals surface area contributed by atoms with Crippen LogP contribution in [0, 0.1) is 11.3 Å². The number of fused-ring (bicyclic) bond motifs is 1. The quantitative estimate of drug-likeness (QED) is 0.572. The van der Waals surface area contributed by atoms with E-state index >= 15 is 0 Å². The summed E-state index contributed by atoms with van der Waals surface area (Å²) < 4.78 is 66.7. The monoisotopic (exact) mass is 463 g/mol. The minimum atomic E-state index is -4.40. The number of alkyl halides is 3. The van der Waals surface area contributed by atoms with Crippen LogP contribution in [0.25, 0.3) is 22.4 Å². The zero-order valence-corrected chi connectivity index (χ0v) is 17.7. The number of rotatable bonds is 7. The van der Waals surface area contributed by atoms with E-state index in [0.29, 0.717) is 28.0 Å². The lowest BCUT2D eigenvalue weighted by atomic mass is 10.1. The van der Waals surface area contributed by atoms with Crippen molar-refractivity contribution in [3.05, 3.63) is 42.2 Å². The van der Waals surface area contributed by atoms with E-state index in [-0.39, 0.29) is 10.9 Å². The van der Waals surface area contributed by atoms with Crippen molar-refractivity contribution in [1.29, 1.82) is 5.26 Å². The van der Waals surface area contributed by atoms with Gasteiger partial charge in [0, 0.05) is 23.8 Å². The minimum absolute atomic E-state index is 0.132. The molecule has 3 heterocycles. The first-order valence-corrected chi connectivity index (χ1v) is 11.6. The van der Waals surface area contributed by atoms with Gasteiger partial charge in [-0.2, -0.15) is 9.98 Å². The van der Waals surface area contributed by atoms with Gasteiger partial charge in [0.05, 0.1) is 17.0 Å². The summed E-state index contributed by atoms with van der Waals surface area (Å²) in [6, 6.07) is 6.38. The molecule has 3 aromatic rings. The second-order valence-corrected chi connectivity index (χ2v) is 9.33. The van der Waals surface area contributed by atoms with E-state index in [2.05, 4.69) is 16.0 Å². The molecule has 4 rings (SSSR count). The second-order valence-electron chi connectivity index (χ2n) is 7.61. The Hall–Kier alpha value is -2.97. The van der Waals surface area contributed by atoms with Crippen LogP contribution in [0.2, 0.25) is 0 Å². The Kier molecular flexibility index (Phi) is 6.17. The van der Waals surface area contributed by atoms with Crippen LogP contribution in [0.1, 0.15) is 37.3 Å². The third-order valence-electron chi connectivity index (χ3n) is 5.63. The summed E-state index contributed by atoms with van der Waals surface area (Å²) in [4.78, 5) is 8.32. The van der Waals surface area contributed by atoms with Gasteiger partial charge in [-0.15, -0.1) is 0 Å². The van der Waals surface area contributed by atoms with Crippen LogP contribution in [0.3, 0.4) is 0 Å². The second kappa shape index (κ2) is 8.88. The molecule has 0 spiro atoms. The molecule has 7 nitrogen and oxygen atoms in total. The topological polar surface area (TPSA) is 101 Å². The largest absolute Gasteiger partial charge is 0.320 e. The molecule has 0 aliphatic heterocycles. The summed E-state index contributed by atoms with van der Waals surface area (Å²) in [5.41, 5.74) is 1.95. The van der Waals surface area contributed by atoms with Gasteiger partial charge in [-0.1, -0.05) is 12.8 Å². The van der Waals surface area contributed by atoms with Crippen LogP contribution in [0.5, 0.6) is 0 Å². The number of halogens is 3. The lowest BCUT2D eigenvalue weighted by molar-refractivity contribution is 0.0958. The molecule has 0 bridgehead atoms. The van der Waals surface area contributed by atoms with Gasteiger partial charge in [-0.25, -0.2) is 26.6 Å². The summed E-state index contributed by atoms with van der Waals surface area (Å²) in [7, 11) is -4.40. The van der Waals surface area contributed by atoms with Crippen molar-refractivity contribution in [3.63, 3.8) is 0 Å². The molecule has 1 aliphatic rings. The van der Waals surface area contributed by atoms with Gasteiger partial charge in [-0.3, -0.25) is 4.98 Å². The molecular formula is C21H20F3N5O2S. The molecule has 3 aromatic heterocycles. The fraction of sp³-hybridized carbons (Fsp3) is 0.381. The number of sulfonamides is 1. The highest BCUT2D eigenvalue weighted by Gasteiger charge is 2.29. The molecule has 0 amide bonds. The van der Waals surface area contributed by atoms with Crippen LogP contribution in [-0.4, -0.2) is 42.1 Å². The van der Waals surface area contributed by atoms with Gasteiger partial charge in [-0.05, 0) is 37.1 Å². The number of hydrogen-bond donors (Lipinski definition) is 1. The predicted molar refractivity (Wildman–Crippen MR) is 111 cm³/mol.